The minimum absolute atomic E-state index is 0.954. The summed E-state index contributed by atoms with van der Waals surface area (Å²) in [6.07, 6.45) is 0. The third-order valence-corrected chi connectivity index (χ3v) is 3.06. The van der Waals surface area contributed by atoms with Gasteiger partial charge in [-0.3, -0.25) is 0 Å². The highest BCUT2D eigenvalue weighted by Gasteiger charge is 2.02. The molecule has 0 aliphatic heterocycles. The summed E-state index contributed by atoms with van der Waals surface area (Å²) >= 11 is 0. The third kappa shape index (κ3) is 1.18. The van der Waals surface area contributed by atoms with E-state index in [-0.39, 0.29) is 0 Å². The number of hydrogen-bond acceptors (Lipinski definition) is 0. The molecule has 0 saturated heterocycles. The van der Waals surface area contributed by atoms with Gasteiger partial charge in [0.05, 0.1) is 0 Å². The maximum absolute atomic E-state index is 5.95. The highest BCUT2D eigenvalue weighted by atomic mass is 14.1. The van der Waals surface area contributed by atoms with E-state index in [0.717, 1.165) is 5.46 Å². The maximum Gasteiger partial charge on any atom is -0.0392 e. The molecule has 3 radical (unpaired) electrons. The summed E-state index contributed by atoms with van der Waals surface area (Å²) in [4.78, 5) is 0. The Balaban J connectivity index is 3.60. The van der Waals surface area contributed by atoms with Gasteiger partial charge in [-0.15, -0.1) is 0 Å². The monoisotopic (exact) mass is 158 g/mol. The Morgan fingerprint density at radius 3 is 1.17 bits per heavy atom. The second kappa shape index (κ2) is 2.97. The highest BCUT2D eigenvalue weighted by molar-refractivity contribution is 6.34. The van der Waals surface area contributed by atoms with Gasteiger partial charge in [-0.05, 0) is 51.3 Å². The molecule has 0 spiro atoms. The van der Waals surface area contributed by atoms with Gasteiger partial charge in [0.15, 0.2) is 0 Å². The lowest BCUT2D eigenvalue weighted by Gasteiger charge is -2.24. The molecule has 0 aliphatic carbocycles. The van der Waals surface area contributed by atoms with Crippen molar-refractivity contribution in [3.8, 4) is 0 Å². The van der Waals surface area contributed by atoms with Gasteiger partial charge in [0.25, 0.3) is 0 Å². The van der Waals surface area contributed by atoms with Crippen LogP contribution >= 0.6 is 0 Å². The van der Waals surface area contributed by atoms with Crippen LogP contribution in [-0.4, -0.2) is 7.85 Å². The van der Waals surface area contributed by atoms with Crippen molar-refractivity contribution >= 4 is 13.3 Å². The Kier molecular flexibility index (Phi) is 2.32. The van der Waals surface area contributed by atoms with Crippen molar-refractivity contribution in [2.75, 3.05) is 0 Å². The van der Waals surface area contributed by atoms with Crippen LogP contribution in [0.5, 0.6) is 0 Å². The predicted octanol–water partition coefficient (Wildman–Crippen LogP) is 2.02. The number of benzene rings is 1. The fourth-order valence-electron chi connectivity index (χ4n) is 1.53. The molecule has 0 aliphatic rings. The van der Waals surface area contributed by atoms with Crippen LogP contribution in [0.2, 0.25) is 0 Å². The quantitative estimate of drug-likeness (QED) is 0.506. The van der Waals surface area contributed by atoms with E-state index in [0.29, 0.717) is 0 Å². The Morgan fingerprint density at radius 1 is 0.583 bits per heavy atom. The van der Waals surface area contributed by atoms with Crippen LogP contribution in [0.15, 0.2) is 0 Å². The van der Waals surface area contributed by atoms with Crippen molar-refractivity contribution in [3.05, 3.63) is 27.8 Å². The van der Waals surface area contributed by atoms with E-state index < -0.39 is 0 Å². The third-order valence-electron chi connectivity index (χ3n) is 3.06. The molecule has 63 valence electrons. The van der Waals surface area contributed by atoms with Gasteiger partial charge in [0.1, 0.15) is 0 Å². The first-order valence-electron chi connectivity index (χ1n) is 4.29. The average Bonchev–Trinajstić information content (AvgIpc) is 2.08. The number of rotatable bonds is 0. The highest BCUT2D eigenvalue weighted by Crippen LogP contribution is 2.17. The molecule has 1 rings (SSSR count). The maximum atomic E-state index is 5.95. The van der Waals surface area contributed by atoms with Crippen molar-refractivity contribution in [1.82, 2.24) is 0 Å². The molecule has 0 aromatic heterocycles. The van der Waals surface area contributed by atoms with E-state index in [4.69, 9.17) is 7.85 Å². The summed E-state index contributed by atoms with van der Waals surface area (Å²) in [5.74, 6) is 0. The smallest absolute Gasteiger partial charge is 0.0392 e. The van der Waals surface area contributed by atoms with E-state index in [2.05, 4.69) is 34.6 Å². The van der Waals surface area contributed by atoms with Gasteiger partial charge in [0.2, 0.25) is 0 Å². The van der Waals surface area contributed by atoms with Crippen molar-refractivity contribution in [3.63, 3.8) is 0 Å². The molecule has 0 heterocycles. The molecule has 0 amide bonds. The largest absolute Gasteiger partial charge is 0.580 e. The lowest BCUT2D eigenvalue weighted by atomic mass is 9.80. The molecule has 0 unspecified atom stereocenters. The first-order chi connectivity index (χ1) is 5.46. The van der Waals surface area contributed by atoms with Gasteiger partial charge in [-0.2, -0.15) is 0 Å². The molecule has 12 heavy (non-hydrogen) atoms. The lowest BCUT2D eigenvalue weighted by Crippen LogP contribution is -2.16. The fraction of sp³-hybridized carbons (Fsp3) is 0.455. The molecule has 1 aromatic rings. The predicted molar refractivity (Wildman–Crippen MR) is 55.5 cm³/mol. The van der Waals surface area contributed by atoms with Gasteiger partial charge < -0.3 is 13.3 Å². The van der Waals surface area contributed by atoms with Gasteiger partial charge in [0, 0.05) is 0 Å². The SMILES string of the molecule is [B-]c1c(C)c(C)c(C)c(C)c1C. The minimum atomic E-state index is 0.954. The van der Waals surface area contributed by atoms with E-state index in [1.54, 1.807) is 0 Å². The van der Waals surface area contributed by atoms with Crippen molar-refractivity contribution < 1.29 is 0 Å². The topological polar surface area (TPSA) is 0 Å². The summed E-state index contributed by atoms with van der Waals surface area (Å²) in [6, 6.07) is 0. The Labute approximate surface area is 76.4 Å². The van der Waals surface area contributed by atoms with Gasteiger partial charge in [-0.25, -0.2) is 0 Å². The Bertz CT molecular complexity index is 219. The van der Waals surface area contributed by atoms with E-state index in [1.165, 1.54) is 27.8 Å². The summed E-state index contributed by atoms with van der Waals surface area (Å²) in [5, 5.41) is 0. The Morgan fingerprint density at radius 2 is 0.833 bits per heavy atom. The first-order valence-corrected chi connectivity index (χ1v) is 4.29. The average molecular weight is 158 g/mol. The van der Waals surface area contributed by atoms with Crippen molar-refractivity contribution in [1.29, 1.82) is 0 Å². The Hall–Kier alpha value is -0.715. The van der Waals surface area contributed by atoms with Crippen molar-refractivity contribution in [2.45, 2.75) is 34.6 Å². The van der Waals surface area contributed by atoms with Crippen LogP contribution in [0, 0.1) is 34.6 Å². The van der Waals surface area contributed by atoms with E-state index in [1.807, 2.05) is 0 Å². The first kappa shape index (κ1) is 9.37. The molecular formula is C11H15B-. The van der Waals surface area contributed by atoms with Gasteiger partial charge >= 0.3 is 0 Å². The normalized spacial score (nSPS) is 10.5. The van der Waals surface area contributed by atoms with Gasteiger partial charge in [-0.1, -0.05) is 11.1 Å². The minimum Gasteiger partial charge on any atom is -0.580 e. The molecule has 0 atom stereocenters. The zero-order valence-electron chi connectivity index (χ0n) is 8.58. The van der Waals surface area contributed by atoms with Crippen LogP contribution in [-0.2, 0) is 0 Å². The molecule has 1 aromatic carbocycles. The zero-order chi connectivity index (χ0) is 9.46. The van der Waals surface area contributed by atoms with Crippen LogP contribution in [0.1, 0.15) is 27.8 Å². The van der Waals surface area contributed by atoms with Crippen LogP contribution in [0.4, 0.5) is 0 Å². The second-order valence-electron chi connectivity index (χ2n) is 3.54. The molecule has 1 heteroatoms. The standard InChI is InChI=1S/C11H15B/c1-6-7(2)9(4)11(12)10(5)8(6)3/h1-5H3/q-1. The molecule has 0 bridgehead atoms. The molecule has 0 saturated carbocycles. The van der Waals surface area contributed by atoms with Crippen molar-refractivity contribution in [2.24, 2.45) is 0 Å². The van der Waals surface area contributed by atoms with Crippen LogP contribution in [0.3, 0.4) is 0 Å². The molecule has 0 nitrogen and oxygen atoms in total. The summed E-state index contributed by atoms with van der Waals surface area (Å²) in [5.41, 5.74) is 7.45. The molecule has 0 N–H and O–H groups in total. The lowest BCUT2D eigenvalue weighted by molar-refractivity contribution is 1.20. The van der Waals surface area contributed by atoms with Crippen LogP contribution < -0.4 is 5.46 Å². The van der Waals surface area contributed by atoms with Crippen LogP contribution in [0.25, 0.3) is 0 Å². The summed E-state index contributed by atoms with van der Waals surface area (Å²) < 4.78 is 0. The second-order valence-corrected chi connectivity index (χ2v) is 3.54. The number of hydrogen-bond donors (Lipinski definition) is 0. The molecular weight excluding hydrogens is 143 g/mol. The van der Waals surface area contributed by atoms with E-state index in [9.17, 15) is 0 Å². The fourth-order valence-corrected chi connectivity index (χ4v) is 1.53. The van der Waals surface area contributed by atoms with E-state index >= 15 is 0 Å². The summed E-state index contributed by atoms with van der Waals surface area (Å²) in [7, 11) is 5.95. The zero-order valence-corrected chi connectivity index (χ0v) is 8.58. The summed E-state index contributed by atoms with van der Waals surface area (Å²) in [6.45, 7) is 10.6. The molecule has 0 fully saturated rings.